The molecule has 0 bridgehead atoms. The number of methoxy groups -OCH3 is 1. The number of benzene rings is 1. The number of nitro benzene ring substituents is 1. The zero-order valence-electron chi connectivity index (χ0n) is 7.19. The van der Waals surface area contributed by atoms with Crippen molar-refractivity contribution in [2.75, 3.05) is 7.11 Å². The van der Waals surface area contributed by atoms with Gasteiger partial charge in [-0.3, -0.25) is 10.1 Å². The predicted octanol–water partition coefficient (Wildman–Crippen LogP) is 2.21. The Morgan fingerprint density at radius 3 is 2.85 bits per heavy atom. The van der Waals surface area contributed by atoms with Gasteiger partial charge in [-0.2, -0.15) is 0 Å². The predicted molar refractivity (Wildman–Crippen MR) is 49.1 cm³/mol. The normalized spacial score (nSPS) is 9.31. The molecule has 1 aromatic carbocycles. The van der Waals surface area contributed by atoms with Gasteiger partial charge in [0.25, 0.3) is 5.69 Å². The fourth-order valence-electron chi connectivity index (χ4n) is 0.911. The molecule has 1 aromatic rings. The molecular weight excluding hydrogens is 170 g/mol. The number of nitrogens with zero attached hydrogens (tertiary/aromatic N) is 1. The molecule has 0 spiro atoms. The van der Waals surface area contributed by atoms with E-state index in [1.54, 1.807) is 12.1 Å². The first-order valence-electron chi connectivity index (χ1n) is 3.63. The maximum Gasteiger partial charge on any atom is 0.270 e. The number of ether oxygens (including phenoxy) is 1. The van der Waals surface area contributed by atoms with Crippen molar-refractivity contribution in [3.63, 3.8) is 0 Å². The summed E-state index contributed by atoms with van der Waals surface area (Å²) in [4.78, 5) is 9.95. The van der Waals surface area contributed by atoms with Crippen LogP contribution >= 0.6 is 0 Å². The minimum Gasteiger partial charge on any atom is -0.497 e. The van der Waals surface area contributed by atoms with Crippen LogP contribution in [0.4, 0.5) is 5.69 Å². The summed E-state index contributed by atoms with van der Waals surface area (Å²) in [5.74, 6) is 0.420. The lowest BCUT2D eigenvalue weighted by Gasteiger charge is -2.02. The fraction of sp³-hybridized carbons (Fsp3) is 0.111. The summed E-state index contributed by atoms with van der Waals surface area (Å²) in [5.41, 5.74) is 0.660. The van der Waals surface area contributed by atoms with Gasteiger partial charge in [0.15, 0.2) is 0 Å². The average molecular weight is 179 g/mol. The quantitative estimate of drug-likeness (QED) is 0.406. The van der Waals surface area contributed by atoms with Crippen molar-refractivity contribution in [1.29, 1.82) is 0 Å². The van der Waals surface area contributed by atoms with Crippen molar-refractivity contribution in [2.24, 2.45) is 0 Å². The van der Waals surface area contributed by atoms with Crippen LogP contribution in [-0.2, 0) is 4.74 Å². The molecule has 0 aliphatic heterocycles. The smallest absolute Gasteiger partial charge is 0.270 e. The topological polar surface area (TPSA) is 52.4 Å². The lowest BCUT2D eigenvalue weighted by atomic mass is 10.2. The Bertz CT molecular complexity index is 346. The summed E-state index contributed by atoms with van der Waals surface area (Å²) in [6, 6.07) is 6.15. The Morgan fingerprint density at radius 2 is 2.31 bits per heavy atom. The van der Waals surface area contributed by atoms with Gasteiger partial charge < -0.3 is 4.74 Å². The SMILES string of the molecule is C=C(OC)c1cccc([N+](=O)[O-])c1. The highest BCUT2D eigenvalue weighted by atomic mass is 16.6. The van der Waals surface area contributed by atoms with Crippen molar-refractivity contribution in [3.8, 4) is 0 Å². The minimum atomic E-state index is -0.452. The van der Waals surface area contributed by atoms with E-state index in [0.29, 0.717) is 11.3 Å². The van der Waals surface area contributed by atoms with E-state index in [0.717, 1.165) is 0 Å². The lowest BCUT2D eigenvalue weighted by molar-refractivity contribution is -0.384. The first-order chi connectivity index (χ1) is 6.15. The second-order valence-electron chi connectivity index (χ2n) is 2.43. The summed E-state index contributed by atoms with van der Waals surface area (Å²) in [5, 5.41) is 10.4. The van der Waals surface area contributed by atoms with Gasteiger partial charge in [0, 0.05) is 17.7 Å². The Hall–Kier alpha value is -1.84. The van der Waals surface area contributed by atoms with Crippen molar-refractivity contribution in [2.45, 2.75) is 0 Å². The Balaban J connectivity index is 3.05. The van der Waals surface area contributed by atoms with Crippen LogP contribution in [0.15, 0.2) is 30.8 Å². The molecule has 0 atom stereocenters. The second kappa shape index (κ2) is 3.71. The Labute approximate surface area is 75.6 Å². The van der Waals surface area contributed by atoms with Gasteiger partial charge in [0.05, 0.1) is 12.0 Å². The maximum absolute atomic E-state index is 10.4. The molecule has 13 heavy (non-hydrogen) atoms. The molecule has 4 heteroatoms. The molecule has 0 amide bonds. The lowest BCUT2D eigenvalue weighted by Crippen LogP contribution is -1.90. The first kappa shape index (κ1) is 9.25. The third kappa shape index (κ3) is 2.05. The van der Waals surface area contributed by atoms with Crippen molar-refractivity contribution in [1.82, 2.24) is 0 Å². The molecule has 0 aliphatic carbocycles. The van der Waals surface area contributed by atoms with Crippen molar-refractivity contribution >= 4 is 11.4 Å². The molecule has 0 unspecified atom stereocenters. The van der Waals surface area contributed by atoms with Gasteiger partial charge in [-0.25, -0.2) is 0 Å². The molecule has 0 aromatic heterocycles. The Morgan fingerprint density at radius 1 is 1.62 bits per heavy atom. The molecule has 0 heterocycles. The molecule has 1 rings (SSSR count). The van der Waals surface area contributed by atoms with Crippen LogP contribution < -0.4 is 0 Å². The van der Waals surface area contributed by atoms with Crippen LogP contribution in [-0.4, -0.2) is 12.0 Å². The van der Waals surface area contributed by atoms with Gasteiger partial charge in [-0.05, 0) is 0 Å². The van der Waals surface area contributed by atoms with Crippen LogP contribution in [0.25, 0.3) is 5.76 Å². The van der Waals surface area contributed by atoms with Gasteiger partial charge in [0.2, 0.25) is 0 Å². The molecule has 0 aliphatic rings. The summed E-state index contributed by atoms with van der Waals surface area (Å²) in [6.45, 7) is 3.60. The average Bonchev–Trinajstić information content (AvgIpc) is 2.17. The molecule has 4 nitrogen and oxygen atoms in total. The monoisotopic (exact) mass is 179 g/mol. The van der Waals surface area contributed by atoms with Crippen LogP contribution in [0.2, 0.25) is 0 Å². The maximum atomic E-state index is 10.4. The minimum absolute atomic E-state index is 0.0377. The van der Waals surface area contributed by atoms with Crippen molar-refractivity contribution < 1.29 is 9.66 Å². The van der Waals surface area contributed by atoms with Crippen molar-refractivity contribution in [3.05, 3.63) is 46.5 Å². The van der Waals surface area contributed by atoms with Crippen LogP contribution in [0, 0.1) is 10.1 Å². The van der Waals surface area contributed by atoms with E-state index in [-0.39, 0.29) is 5.69 Å². The molecule has 0 N–H and O–H groups in total. The highest BCUT2D eigenvalue weighted by molar-refractivity contribution is 5.59. The summed E-state index contributed by atoms with van der Waals surface area (Å²) in [6.07, 6.45) is 0. The zero-order valence-corrected chi connectivity index (χ0v) is 7.19. The second-order valence-corrected chi connectivity index (χ2v) is 2.43. The van der Waals surface area contributed by atoms with E-state index >= 15 is 0 Å². The zero-order chi connectivity index (χ0) is 9.84. The van der Waals surface area contributed by atoms with Gasteiger partial charge in [-0.15, -0.1) is 0 Å². The van der Waals surface area contributed by atoms with E-state index in [4.69, 9.17) is 4.74 Å². The molecular formula is C9H9NO3. The fourth-order valence-corrected chi connectivity index (χ4v) is 0.911. The number of nitro groups is 1. The van der Waals surface area contributed by atoms with Gasteiger partial charge in [0.1, 0.15) is 5.76 Å². The standard InChI is InChI=1S/C9H9NO3/c1-7(13-2)8-4-3-5-9(6-8)10(11)12/h3-6H,1H2,2H3. The van der Waals surface area contributed by atoms with Crippen LogP contribution in [0.5, 0.6) is 0 Å². The first-order valence-corrected chi connectivity index (χ1v) is 3.63. The number of hydrogen-bond donors (Lipinski definition) is 0. The van der Waals surface area contributed by atoms with E-state index < -0.39 is 4.92 Å². The van der Waals surface area contributed by atoms with E-state index in [1.165, 1.54) is 19.2 Å². The number of hydrogen-bond acceptors (Lipinski definition) is 3. The molecule has 0 saturated heterocycles. The van der Waals surface area contributed by atoms with Crippen LogP contribution in [0.1, 0.15) is 5.56 Å². The molecule has 0 fully saturated rings. The third-order valence-electron chi connectivity index (χ3n) is 1.63. The van der Waals surface area contributed by atoms with Gasteiger partial charge in [-0.1, -0.05) is 18.7 Å². The summed E-state index contributed by atoms with van der Waals surface area (Å²) >= 11 is 0. The Kier molecular flexibility index (Phi) is 2.64. The van der Waals surface area contributed by atoms with E-state index in [9.17, 15) is 10.1 Å². The molecule has 68 valence electrons. The van der Waals surface area contributed by atoms with E-state index in [1.807, 2.05) is 0 Å². The van der Waals surface area contributed by atoms with Gasteiger partial charge >= 0.3 is 0 Å². The highest BCUT2D eigenvalue weighted by Gasteiger charge is 2.06. The third-order valence-corrected chi connectivity index (χ3v) is 1.63. The summed E-state index contributed by atoms with van der Waals surface area (Å²) in [7, 11) is 1.47. The molecule has 0 radical (unpaired) electrons. The van der Waals surface area contributed by atoms with E-state index in [2.05, 4.69) is 6.58 Å². The number of non-ortho nitro benzene ring substituents is 1. The number of rotatable bonds is 3. The van der Waals surface area contributed by atoms with Crippen LogP contribution in [0.3, 0.4) is 0 Å². The highest BCUT2D eigenvalue weighted by Crippen LogP contribution is 2.18. The largest absolute Gasteiger partial charge is 0.497 e. The molecule has 0 saturated carbocycles. The summed E-state index contributed by atoms with van der Waals surface area (Å²) < 4.78 is 4.85.